The van der Waals surface area contributed by atoms with E-state index in [1.165, 1.54) is 11.8 Å². The van der Waals surface area contributed by atoms with Gasteiger partial charge in [-0.1, -0.05) is 16.9 Å². The summed E-state index contributed by atoms with van der Waals surface area (Å²) in [5.74, 6) is 1.48. The largest absolute Gasteiger partial charge is 0.383 e. The van der Waals surface area contributed by atoms with Crippen molar-refractivity contribution in [2.75, 3.05) is 26.8 Å². The number of methoxy groups -OCH3 is 1. The molecule has 0 aliphatic rings. The third kappa shape index (κ3) is 4.58. The average molecular weight is 298 g/mol. The van der Waals surface area contributed by atoms with E-state index in [4.69, 9.17) is 9.26 Å². The molecule has 20 heavy (non-hydrogen) atoms. The number of nitrogens with zero attached hydrogens (tertiary/aromatic N) is 5. The van der Waals surface area contributed by atoms with Gasteiger partial charge in [-0.05, 0) is 17.4 Å². The first-order valence-electron chi connectivity index (χ1n) is 6.30. The van der Waals surface area contributed by atoms with Crippen molar-refractivity contribution < 1.29 is 9.26 Å². The number of nitrogens with one attached hydrogen (secondary N) is 1. The van der Waals surface area contributed by atoms with E-state index in [0.29, 0.717) is 18.9 Å². The molecule has 0 amide bonds. The molecule has 0 atom stereocenters. The molecular weight excluding hydrogens is 280 g/mol. The van der Waals surface area contributed by atoms with Crippen molar-refractivity contribution in [1.82, 2.24) is 30.7 Å². The summed E-state index contributed by atoms with van der Waals surface area (Å²) in [4.78, 5) is 0. The second-order valence-corrected chi connectivity index (χ2v) is 5.09. The zero-order valence-electron chi connectivity index (χ0n) is 11.6. The highest BCUT2D eigenvalue weighted by atomic mass is 32.2. The minimum Gasteiger partial charge on any atom is -0.383 e. The minimum absolute atomic E-state index is 0.665. The van der Waals surface area contributed by atoms with Gasteiger partial charge >= 0.3 is 0 Å². The third-order valence-corrected chi connectivity index (χ3v) is 3.48. The molecule has 0 aliphatic heterocycles. The van der Waals surface area contributed by atoms with Gasteiger partial charge in [0, 0.05) is 26.3 Å². The lowest BCUT2D eigenvalue weighted by atomic mass is 10.4. The first-order chi connectivity index (χ1) is 9.79. The molecule has 110 valence electrons. The van der Waals surface area contributed by atoms with E-state index < -0.39 is 0 Å². The van der Waals surface area contributed by atoms with Crippen LogP contribution in [0.4, 0.5) is 0 Å². The van der Waals surface area contributed by atoms with Gasteiger partial charge in [0.25, 0.3) is 0 Å². The van der Waals surface area contributed by atoms with Crippen molar-refractivity contribution >= 4 is 11.8 Å². The van der Waals surface area contributed by atoms with Crippen molar-refractivity contribution in [1.29, 1.82) is 0 Å². The maximum Gasteiger partial charge on any atom is 0.209 e. The maximum atomic E-state index is 5.15. The van der Waals surface area contributed by atoms with Crippen molar-refractivity contribution in [2.45, 2.75) is 24.4 Å². The number of thioether (sulfide) groups is 1. The predicted molar refractivity (Wildman–Crippen MR) is 73.4 cm³/mol. The number of aromatic nitrogens is 5. The van der Waals surface area contributed by atoms with E-state index >= 15 is 0 Å². The fraction of sp³-hybridized carbons (Fsp3) is 0.636. The molecule has 0 aromatic carbocycles. The van der Waals surface area contributed by atoms with Crippen LogP contribution in [0, 0.1) is 6.92 Å². The molecule has 0 fully saturated rings. The highest BCUT2D eigenvalue weighted by Gasteiger charge is 2.09. The number of ether oxygens (including phenoxy) is 1. The van der Waals surface area contributed by atoms with Crippen molar-refractivity contribution in [3.05, 3.63) is 17.5 Å². The van der Waals surface area contributed by atoms with Crippen LogP contribution in [-0.4, -0.2) is 52.2 Å². The number of tetrazole rings is 1. The Morgan fingerprint density at radius 1 is 1.45 bits per heavy atom. The summed E-state index contributed by atoms with van der Waals surface area (Å²) in [6.07, 6.45) is 0. The molecule has 0 unspecified atom stereocenters. The van der Waals surface area contributed by atoms with E-state index in [1.54, 1.807) is 11.8 Å². The van der Waals surface area contributed by atoms with Crippen LogP contribution >= 0.6 is 11.8 Å². The van der Waals surface area contributed by atoms with Gasteiger partial charge in [-0.25, -0.2) is 4.68 Å². The molecule has 0 saturated heterocycles. The molecule has 0 radical (unpaired) electrons. The summed E-state index contributed by atoms with van der Waals surface area (Å²) in [6, 6.07) is 1.91. The second kappa shape index (κ2) is 7.98. The van der Waals surface area contributed by atoms with Crippen LogP contribution in [-0.2, 0) is 17.0 Å². The maximum absolute atomic E-state index is 5.15. The number of rotatable bonds is 9. The van der Waals surface area contributed by atoms with E-state index in [0.717, 1.165) is 29.7 Å². The average Bonchev–Trinajstić information content (AvgIpc) is 3.05. The van der Waals surface area contributed by atoms with Gasteiger partial charge in [0.1, 0.15) is 5.76 Å². The van der Waals surface area contributed by atoms with Gasteiger partial charge in [0.05, 0.1) is 24.6 Å². The normalized spacial score (nSPS) is 11.1. The summed E-state index contributed by atoms with van der Waals surface area (Å²) < 4.78 is 11.9. The van der Waals surface area contributed by atoms with E-state index in [1.807, 2.05) is 13.0 Å². The highest BCUT2D eigenvalue weighted by molar-refractivity contribution is 7.98. The fourth-order valence-electron chi connectivity index (χ4n) is 1.54. The van der Waals surface area contributed by atoms with E-state index in [9.17, 15) is 0 Å². The Morgan fingerprint density at radius 3 is 3.10 bits per heavy atom. The Balaban J connectivity index is 1.76. The minimum atomic E-state index is 0.665. The Morgan fingerprint density at radius 2 is 2.35 bits per heavy atom. The van der Waals surface area contributed by atoms with Crippen LogP contribution in [0.5, 0.6) is 0 Å². The quantitative estimate of drug-likeness (QED) is 0.528. The standard InChI is InChI=1S/C11H18N6O2S/c1-9-7-10(19-14-9)8-20-11-13-15-16-17(11)5-3-12-4-6-18-2/h7,12H,3-6,8H2,1-2H3. The molecule has 0 aliphatic carbocycles. The van der Waals surface area contributed by atoms with Crippen molar-refractivity contribution in [2.24, 2.45) is 0 Å². The predicted octanol–water partition coefficient (Wildman–Crippen LogP) is 0.498. The smallest absolute Gasteiger partial charge is 0.209 e. The van der Waals surface area contributed by atoms with Gasteiger partial charge in [0.15, 0.2) is 0 Å². The van der Waals surface area contributed by atoms with Gasteiger partial charge in [-0.3, -0.25) is 0 Å². The van der Waals surface area contributed by atoms with Gasteiger partial charge in [-0.2, -0.15) is 0 Å². The summed E-state index contributed by atoms with van der Waals surface area (Å²) >= 11 is 1.53. The Hall–Kier alpha value is -1.45. The lowest BCUT2D eigenvalue weighted by Gasteiger charge is -2.05. The summed E-state index contributed by atoms with van der Waals surface area (Å²) in [7, 11) is 1.68. The van der Waals surface area contributed by atoms with Crippen LogP contribution in [0.15, 0.2) is 15.7 Å². The number of hydrogen-bond donors (Lipinski definition) is 1. The molecule has 0 spiro atoms. The first-order valence-corrected chi connectivity index (χ1v) is 7.29. The summed E-state index contributed by atoms with van der Waals surface area (Å²) in [6.45, 7) is 4.92. The van der Waals surface area contributed by atoms with E-state index in [-0.39, 0.29) is 0 Å². The summed E-state index contributed by atoms with van der Waals surface area (Å²) in [5, 5.41) is 19.5. The topological polar surface area (TPSA) is 90.9 Å². The highest BCUT2D eigenvalue weighted by Crippen LogP contribution is 2.19. The molecular formula is C11H18N6O2S. The molecule has 0 saturated carbocycles. The zero-order valence-corrected chi connectivity index (χ0v) is 12.4. The molecule has 2 heterocycles. The number of hydrogen-bond acceptors (Lipinski definition) is 8. The number of aryl methyl sites for hydroxylation is 1. The van der Waals surface area contributed by atoms with Crippen LogP contribution in [0.1, 0.15) is 11.5 Å². The van der Waals surface area contributed by atoms with Gasteiger partial charge < -0.3 is 14.6 Å². The second-order valence-electron chi connectivity index (χ2n) is 4.15. The third-order valence-electron chi connectivity index (χ3n) is 2.50. The SMILES string of the molecule is COCCNCCn1nnnc1SCc1cc(C)no1. The van der Waals surface area contributed by atoms with Crippen LogP contribution in [0.3, 0.4) is 0 Å². The molecule has 2 aromatic rings. The lowest BCUT2D eigenvalue weighted by molar-refractivity contribution is 0.199. The molecule has 1 N–H and O–H groups in total. The molecule has 2 aromatic heterocycles. The van der Waals surface area contributed by atoms with Crippen LogP contribution in [0.2, 0.25) is 0 Å². The molecule has 9 heteroatoms. The Bertz CT molecular complexity index is 514. The van der Waals surface area contributed by atoms with E-state index in [2.05, 4.69) is 26.0 Å². The lowest BCUT2D eigenvalue weighted by Crippen LogP contribution is -2.24. The van der Waals surface area contributed by atoms with Crippen molar-refractivity contribution in [3.63, 3.8) is 0 Å². The Labute approximate surface area is 121 Å². The monoisotopic (exact) mass is 298 g/mol. The van der Waals surface area contributed by atoms with Crippen LogP contribution in [0.25, 0.3) is 0 Å². The zero-order chi connectivity index (χ0) is 14.2. The fourth-order valence-corrected chi connectivity index (χ4v) is 2.32. The van der Waals surface area contributed by atoms with Gasteiger partial charge in [0.2, 0.25) is 5.16 Å². The summed E-state index contributed by atoms with van der Waals surface area (Å²) in [5.41, 5.74) is 0.877. The van der Waals surface area contributed by atoms with Gasteiger partial charge in [-0.15, -0.1) is 5.10 Å². The Kier molecular flexibility index (Phi) is 5.96. The molecule has 0 bridgehead atoms. The van der Waals surface area contributed by atoms with Crippen LogP contribution < -0.4 is 5.32 Å². The molecule has 2 rings (SSSR count). The van der Waals surface area contributed by atoms with Crippen molar-refractivity contribution in [3.8, 4) is 0 Å². The molecule has 8 nitrogen and oxygen atoms in total. The first kappa shape index (κ1) is 14.9.